The normalized spacial score (nSPS) is 11.5. The Bertz CT molecular complexity index is 975. The Morgan fingerprint density at radius 1 is 1.14 bits per heavy atom. The molecule has 7 nitrogen and oxygen atoms in total. The van der Waals surface area contributed by atoms with Crippen molar-refractivity contribution in [3.8, 4) is 11.3 Å². The molecular weight excluding hydrogens is 392 g/mol. The van der Waals surface area contributed by atoms with Gasteiger partial charge in [-0.1, -0.05) is 60.1 Å². The quantitative estimate of drug-likeness (QED) is 0.547. The summed E-state index contributed by atoms with van der Waals surface area (Å²) in [6, 6.07) is 17.8. The molecule has 0 aliphatic heterocycles. The molecular formula is C21H21ClN4O3. The second kappa shape index (κ2) is 9.75. The fraction of sp³-hybridized carbons (Fsp3) is 0.190. The highest BCUT2D eigenvalue weighted by atomic mass is 35.5. The fourth-order valence-corrected chi connectivity index (χ4v) is 3.02. The van der Waals surface area contributed by atoms with Gasteiger partial charge in [0.25, 0.3) is 5.91 Å². The molecule has 0 bridgehead atoms. The number of benzene rings is 2. The maximum atomic E-state index is 12.6. The van der Waals surface area contributed by atoms with Crippen molar-refractivity contribution in [3.05, 3.63) is 76.9 Å². The highest BCUT2D eigenvalue weighted by Crippen LogP contribution is 2.26. The molecule has 0 fully saturated rings. The third kappa shape index (κ3) is 5.36. The highest BCUT2D eigenvalue weighted by molar-refractivity contribution is 6.33. The topological polar surface area (TPSA) is 96.1 Å². The lowest BCUT2D eigenvalue weighted by molar-refractivity contribution is 0.0941. The Kier molecular flexibility index (Phi) is 6.86. The minimum atomic E-state index is -0.543. The highest BCUT2D eigenvalue weighted by Gasteiger charge is 2.18. The Labute approximate surface area is 173 Å². The smallest absolute Gasteiger partial charge is 0.407 e. The van der Waals surface area contributed by atoms with Gasteiger partial charge in [-0.15, -0.1) is 0 Å². The fourth-order valence-electron chi connectivity index (χ4n) is 2.79. The Balaban J connectivity index is 1.69. The molecule has 2 aromatic carbocycles. The van der Waals surface area contributed by atoms with E-state index in [0.29, 0.717) is 16.4 Å². The number of carbonyl (C=O) groups excluding carboxylic acids is 2. The van der Waals surface area contributed by atoms with Crippen molar-refractivity contribution in [2.24, 2.45) is 0 Å². The van der Waals surface area contributed by atoms with Crippen LogP contribution in [0.5, 0.6) is 0 Å². The summed E-state index contributed by atoms with van der Waals surface area (Å²) in [5, 5.41) is 13.0. The molecule has 2 amide bonds. The lowest BCUT2D eigenvalue weighted by Gasteiger charge is -2.19. The summed E-state index contributed by atoms with van der Waals surface area (Å²) in [6.07, 6.45) is -0.543. The minimum absolute atomic E-state index is 0.183. The van der Waals surface area contributed by atoms with Crippen LogP contribution in [0.4, 0.5) is 4.79 Å². The van der Waals surface area contributed by atoms with Crippen LogP contribution in [0.15, 0.2) is 60.7 Å². The number of ether oxygens (including phenoxy) is 1. The number of nitrogens with zero attached hydrogens (tertiary/aromatic N) is 1. The maximum absolute atomic E-state index is 12.6. The van der Waals surface area contributed by atoms with Gasteiger partial charge >= 0.3 is 6.09 Å². The van der Waals surface area contributed by atoms with Crippen LogP contribution in [0.2, 0.25) is 5.02 Å². The summed E-state index contributed by atoms with van der Waals surface area (Å²) in [5.41, 5.74) is 2.45. The van der Waals surface area contributed by atoms with Crippen molar-refractivity contribution in [2.45, 2.75) is 13.0 Å². The van der Waals surface area contributed by atoms with E-state index in [4.69, 9.17) is 16.3 Å². The van der Waals surface area contributed by atoms with E-state index in [9.17, 15) is 9.59 Å². The second-order valence-corrected chi connectivity index (χ2v) is 6.59. The van der Waals surface area contributed by atoms with Crippen LogP contribution in [0.1, 0.15) is 29.0 Å². The number of H-pyrrole nitrogens is 1. The van der Waals surface area contributed by atoms with Gasteiger partial charge in [0.2, 0.25) is 0 Å². The molecule has 150 valence electrons. The third-order valence-electron chi connectivity index (χ3n) is 4.21. The van der Waals surface area contributed by atoms with E-state index >= 15 is 0 Å². The Hall–Kier alpha value is -3.32. The van der Waals surface area contributed by atoms with Crippen LogP contribution >= 0.6 is 11.6 Å². The van der Waals surface area contributed by atoms with Gasteiger partial charge in [-0.2, -0.15) is 5.10 Å². The average Bonchev–Trinajstić information content (AvgIpc) is 3.22. The Morgan fingerprint density at radius 2 is 1.86 bits per heavy atom. The molecule has 29 heavy (non-hydrogen) atoms. The molecule has 1 heterocycles. The standard InChI is InChI=1S/C21H21ClN4O3/c1-2-29-21(28)24-19(14-8-4-3-5-9-14)13-23-20(27)18-12-17(25-26-18)15-10-6-7-11-16(15)22/h3-12,19H,2,13H2,1H3,(H,23,27)(H,24,28)(H,25,26). The minimum Gasteiger partial charge on any atom is -0.450 e. The van der Waals surface area contributed by atoms with Gasteiger partial charge in [-0.05, 0) is 24.6 Å². The summed E-state index contributed by atoms with van der Waals surface area (Å²) in [7, 11) is 0. The largest absolute Gasteiger partial charge is 0.450 e. The summed E-state index contributed by atoms with van der Waals surface area (Å²) in [6.45, 7) is 2.18. The zero-order chi connectivity index (χ0) is 20.6. The van der Waals surface area contributed by atoms with E-state index in [1.807, 2.05) is 48.5 Å². The van der Waals surface area contributed by atoms with Gasteiger partial charge < -0.3 is 15.4 Å². The van der Waals surface area contributed by atoms with Crippen LogP contribution < -0.4 is 10.6 Å². The molecule has 3 aromatic rings. The number of aromatic amines is 1. The van der Waals surface area contributed by atoms with Crippen molar-refractivity contribution >= 4 is 23.6 Å². The van der Waals surface area contributed by atoms with Crippen molar-refractivity contribution < 1.29 is 14.3 Å². The lowest BCUT2D eigenvalue weighted by Crippen LogP contribution is -2.38. The SMILES string of the molecule is CCOC(=O)NC(CNC(=O)c1cc(-c2ccccc2Cl)n[nH]1)c1ccccc1. The number of aromatic nitrogens is 2. The number of rotatable bonds is 7. The van der Waals surface area contributed by atoms with Gasteiger partial charge in [0.15, 0.2) is 0 Å². The average molecular weight is 413 g/mol. The van der Waals surface area contributed by atoms with E-state index in [0.717, 1.165) is 11.1 Å². The summed E-state index contributed by atoms with van der Waals surface area (Å²) in [4.78, 5) is 24.4. The molecule has 0 aliphatic rings. The summed E-state index contributed by atoms with van der Waals surface area (Å²) < 4.78 is 4.96. The maximum Gasteiger partial charge on any atom is 0.407 e. The van der Waals surface area contributed by atoms with Gasteiger partial charge in [0.05, 0.1) is 23.4 Å². The lowest BCUT2D eigenvalue weighted by atomic mass is 10.1. The number of amides is 2. The van der Waals surface area contributed by atoms with Crippen molar-refractivity contribution in [1.82, 2.24) is 20.8 Å². The molecule has 0 radical (unpaired) electrons. The number of halogens is 1. The van der Waals surface area contributed by atoms with Crippen LogP contribution in [-0.2, 0) is 4.74 Å². The van der Waals surface area contributed by atoms with Crippen molar-refractivity contribution in [1.29, 1.82) is 0 Å². The van der Waals surface area contributed by atoms with Gasteiger partial charge in [0, 0.05) is 12.1 Å². The molecule has 1 unspecified atom stereocenters. The second-order valence-electron chi connectivity index (χ2n) is 6.18. The van der Waals surface area contributed by atoms with Crippen LogP contribution in [-0.4, -0.2) is 35.3 Å². The summed E-state index contributed by atoms with van der Waals surface area (Å²) in [5.74, 6) is -0.345. The molecule has 0 saturated heterocycles. The molecule has 0 aliphatic carbocycles. The number of hydrogen-bond donors (Lipinski definition) is 3. The first-order chi connectivity index (χ1) is 14.1. The number of hydrogen-bond acceptors (Lipinski definition) is 4. The zero-order valence-corrected chi connectivity index (χ0v) is 16.6. The van der Waals surface area contributed by atoms with Crippen molar-refractivity contribution in [2.75, 3.05) is 13.2 Å². The predicted octanol–water partition coefficient (Wildman–Crippen LogP) is 3.95. The monoisotopic (exact) mass is 412 g/mol. The molecule has 3 N–H and O–H groups in total. The van der Waals surface area contributed by atoms with Gasteiger partial charge in [-0.25, -0.2) is 4.79 Å². The molecule has 8 heteroatoms. The van der Waals surface area contributed by atoms with E-state index in [1.54, 1.807) is 19.1 Å². The molecule has 1 atom stereocenters. The summed E-state index contributed by atoms with van der Waals surface area (Å²) >= 11 is 6.19. The van der Waals surface area contributed by atoms with Crippen LogP contribution in [0, 0.1) is 0 Å². The number of nitrogens with one attached hydrogen (secondary N) is 3. The van der Waals surface area contributed by atoms with Crippen molar-refractivity contribution in [3.63, 3.8) is 0 Å². The van der Waals surface area contributed by atoms with Crippen LogP contribution in [0.3, 0.4) is 0 Å². The molecule has 3 rings (SSSR count). The first-order valence-corrected chi connectivity index (χ1v) is 9.53. The van der Waals surface area contributed by atoms with Gasteiger partial charge in [-0.3, -0.25) is 9.89 Å². The predicted molar refractivity (Wildman–Crippen MR) is 111 cm³/mol. The van der Waals surface area contributed by atoms with E-state index in [-0.39, 0.29) is 19.1 Å². The third-order valence-corrected chi connectivity index (χ3v) is 4.54. The molecule has 0 spiro atoms. The van der Waals surface area contributed by atoms with Crippen LogP contribution in [0.25, 0.3) is 11.3 Å². The molecule has 0 saturated carbocycles. The Morgan fingerprint density at radius 3 is 2.59 bits per heavy atom. The molecule has 1 aromatic heterocycles. The first kappa shape index (κ1) is 20.4. The van der Waals surface area contributed by atoms with E-state index < -0.39 is 12.1 Å². The van der Waals surface area contributed by atoms with E-state index in [1.165, 1.54) is 0 Å². The number of carbonyl (C=O) groups is 2. The zero-order valence-electron chi connectivity index (χ0n) is 15.8. The first-order valence-electron chi connectivity index (χ1n) is 9.15. The van der Waals surface area contributed by atoms with Gasteiger partial charge in [0.1, 0.15) is 5.69 Å². The van der Waals surface area contributed by atoms with E-state index in [2.05, 4.69) is 20.8 Å². The number of alkyl carbamates (subject to hydrolysis) is 1.